The van der Waals surface area contributed by atoms with Gasteiger partial charge in [-0.2, -0.15) is 4.98 Å². The number of carbonyl (C=O) groups excluding carboxylic acids is 1. The average Bonchev–Trinajstić information content (AvgIpc) is 2.90. The number of aryl methyl sites for hydroxylation is 1. The van der Waals surface area contributed by atoms with Crippen molar-refractivity contribution in [3.8, 4) is 11.5 Å². The zero-order chi connectivity index (χ0) is 14.5. The third kappa shape index (κ3) is 3.21. The molecule has 1 aromatic heterocycles. The van der Waals surface area contributed by atoms with E-state index in [1.54, 1.807) is 38.3 Å². The van der Waals surface area contributed by atoms with E-state index in [4.69, 9.17) is 14.0 Å². The largest absolute Gasteiger partial charge is 0.459 e. The zero-order valence-electron chi connectivity index (χ0n) is 11.6. The topological polar surface area (TPSA) is 74.5 Å². The summed E-state index contributed by atoms with van der Waals surface area (Å²) >= 11 is 0. The molecule has 0 radical (unpaired) electrons. The molecule has 106 valence electrons. The van der Waals surface area contributed by atoms with Crippen LogP contribution in [0.2, 0.25) is 0 Å². The summed E-state index contributed by atoms with van der Waals surface area (Å²) in [5.41, 5.74) is 0.947. The number of methoxy groups -OCH3 is 1. The van der Waals surface area contributed by atoms with Crippen molar-refractivity contribution < 1.29 is 18.8 Å². The molecule has 20 heavy (non-hydrogen) atoms. The third-order valence-corrected chi connectivity index (χ3v) is 2.76. The number of aromatic nitrogens is 2. The summed E-state index contributed by atoms with van der Waals surface area (Å²) in [5.74, 6) is 0.367. The number of hydrogen-bond acceptors (Lipinski definition) is 6. The summed E-state index contributed by atoms with van der Waals surface area (Å²) in [6, 6.07) is 6.95. The monoisotopic (exact) mass is 276 g/mol. The second-order valence-electron chi connectivity index (χ2n) is 4.34. The summed E-state index contributed by atoms with van der Waals surface area (Å²) in [6.07, 6.45) is -0.156. The lowest BCUT2D eigenvalue weighted by Crippen LogP contribution is -2.18. The van der Waals surface area contributed by atoms with Crippen LogP contribution in [-0.4, -0.2) is 35.9 Å². The first-order chi connectivity index (χ1) is 9.61. The second kappa shape index (κ2) is 6.29. The Hall–Kier alpha value is -2.21. The maximum absolute atomic E-state index is 12.1. The van der Waals surface area contributed by atoms with E-state index in [1.807, 2.05) is 6.92 Å². The minimum absolute atomic E-state index is 0.156. The number of ether oxygens (including phenoxy) is 2. The van der Waals surface area contributed by atoms with Gasteiger partial charge in [-0.1, -0.05) is 17.3 Å². The van der Waals surface area contributed by atoms with E-state index in [9.17, 15) is 4.79 Å². The number of nitrogens with zero attached hydrogens (tertiary/aromatic N) is 2. The van der Waals surface area contributed by atoms with Gasteiger partial charge in [0.25, 0.3) is 5.89 Å². The SMILES string of the molecule is COC(C)COC(=O)c1ccccc1-c1nc(C)no1. The molecule has 1 atom stereocenters. The lowest BCUT2D eigenvalue weighted by molar-refractivity contribution is 0.0169. The fraction of sp³-hybridized carbons (Fsp3) is 0.357. The molecule has 1 unspecified atom stereocenters. The molecule has 0 saturated heterocycles. The molecule has 6 nitrogen and oxygen atoms in total. The van der Waals surface area contributed by atoms with Gasteiger partial charge in [-0.05, 0) is 26.0 Å². The van der Waals surface area contributed by atoms with Gasteiger partial charge in [0.15, 0.2) is 5.82 Å². The van der Waals surface area contributed by atoms with Gasteiger partial charge in [-0.15, -0.1) is 0 Å². The molecule has 0 fully saturated rings. The summed E-state index contributed by atoms with van der Waals surface area (Å²) in [6.45, 7) is 3.72. The smallest absolute Gasteiger partial charge is 0.339 e. The predicted molar refractivity (Wildman–Crippen MR) is 71.2 cm³/mol. The minimum Gasteiger partial charge on any atom is -0.459 e. The Morgan fingerprint density at radius 1 is 1.40 bits per heavy atom. The summed E-state index contributed by atoms with van der Waals surface area (Å²) < 4.78 is 15.3. The molecule has 0 saturated carbocycles. The molecule has 0 N–H and O–H groups in total. The first kappa shape index (κ1) is 14.2. The van der Waals surface area contributed by atoms with Crippen molar-refractivity contribution in [1.29, 1.82) is 0 Å². The normalized spacial score (nSPS) is 12.2. The molecule has 0 aliphatic rings. The first-order valence-corrected chi connectivity index (χ1v) is 6.21. The van der Waals surface area contributed by atoms with Gasteiger partial charge in [-0.25, -0.2) is 4.79 Å². The molecule has 0 bridgehead atoms. The van der Waals surface area contributed by atoms with Crippen LogP contribution in [0.25, 0.3) is 11.5 Å². The van der Waals surface area contributed by atoms with Gasteiger partial charge in [0.2, 0.25) is 0 Å². The van der Waals surface area contributed by atoms with Crippen LogP contribution in [0, 0.1) is 6.92 Å². The van der Waals surface area contributed by atoms with Crippen LogP contribution in [0.3, 0.4) is 0 Å². The Morgan fingerprint density at radius 3 is 2.80 bits per heavy atom. The molecule has 1 aromatic carbocycles. The van der Waals surface area contributed by atoms with E-state index in [0.29, 0.717) is 22.8 Å². The van der Waals surface area contributed by atoms with E-state index in [0.717, 1.165) is 0 Å². The standard InChI is InChI=1S/C14H16N2O4/c1-9(18-3)8-19-14(17)12-7-5-4-6-11(12)13-15-10(2)16-20-13/h4-7,9H,8H2,1-3H3. The molecule has 2 rings (SSSR count). The molecule has 0 aliphatic heterocycles. The highest BCUT2D eigenvalue weighted by Gasteiger charge is 2.18. The van der Waals surface area contributed by atoms with E-state index in [1.165, 1.54) is 0 Å². The Kier molecular flexibility index (Phi) is 4.47. The number of esters is 1. The highest BCUT2D eigenvalue weighted by Crippen LogP contribution is 2.22. The number of carbonyl (C=O) groups is 1. The van der Waals surface area contributed by atoms with Crippen molar-refractivity contribution in [2.75, 3.05) is 13.7 Å². The van der Waals surface area contributed by atoms with Crippen LogP contribution in [-0.2, 0) is 9.47 Å². The van der Waals surface area contributed by atoms with Crippen molar-refractivity contribution >= 4 is 5.97 Å². The van der Waals surface area contributed by atoms with Crippen LogP contribution < -0.4 is 0 Å². The van der Waals surface area contributed by atoms with Gasteiger partial charge in [0, 0.05) is 7.11 Å². The Labute approximate surface area is 116 Å². The van der Waals surface area contributed by atoms with Crippen LogP contribution in [0.1, 0.15) is 23.1 Å². The fourth-order valence-corrected chi connectivity index (χ4v) is 1.59. The van der Waals surface area contributed by atoms with Crippen LogP contribution >= 0.6 is 0 Å². The molecule has 0 spiro atoms. The van der Waals surface area contributed by atoms with Gasteiger partial charge in [-0.3, -0.25) is 0 Å². The molecule has 1 heterocycles. The highest BCUT2D eigenvalue weighted by molar-refractivity contribution is 5.96. The van der Waals surface area contributed by atoms with Gasteiger partial charge >= 0.3 is 5.97 Å². The molecule has 6 heteroatoms. The zero-order valence-corrected chi connectivity index (χ0v) is 11.6. The maximum Gasteiger partial charge on any atom is 0.339 e. The van der Waals surface area contributed by atoms with Crippen LogP contribution in [0.15, 0.2) is 28.8 Å². The van der Waals surface area contributed by atoms with Gasteiger partial charge in [0.1, 0.15) is 6.61 Å². The lowest BCUT2D eigenvalue weighted by Gasteiger charge is -2.11. The van der Waals surface area contributed by atoms with Crippen molar-refractivity contribution in [3.05, 3.63) is 35.7 Å². The highest BCUT2D eigenvalue weighted by atomic mass is 16.6. The Morgan fingerprint density at radius 2 is 2.15 bits per heavy atom. The summed E-state index contributed by atoms with van der Waals surface area (Å²) in [7, 11) is 1.56. The molecule has 0 aliphatic carbocycles. The van der Waals surface area contributed by atoms with Crippen molar-refractivity contribution in [2.45, 2.75) is 20.0 Å². The lowest BCUT2D eigenvalue weighted by atomic mass is 10.1. The third-order valence-electron chi connectivity index (χ3n) is 2.76. The molecular weight excluding hydrogens is 260 g/mol. The first-order valence-electron chi connectivity index (χ1n) is 6.21. The second-order valence-corrected chi connectivity index (χ2v) is 4.34. The minimum atomic E-state index is -0.444. The van der Waals surface area contributed by atoms with E-state index < -0.39 is 5.97 Å². The summed E-state index contributed by atoms with van der Waals surface area (Å²) in [5, 5.41) is 3.72. The number of rotatable bonds is 5. The van der Waals surface area contributed by atoms with Crippen molar-refractivity contribution in [3.63, 3.8) is 0 Å². The molecule has 2 aromatic rings. The van der Waals surface area contributed by atoms with Gasteiger partial charge in [0.05, 0.1) is 17.2 Å². The van der Waals surface area contributed by atoms with Crippen LogP contribution in [0.4, 0.5) is 0 Å². The maximum atomic E-state index is 12.1. The van der Waals surface area contributed by atoms with Crippen molar-refractivity contribution in [1.82, 2.24) is 10.1 Å². The number of benzene rings is 1. The Balaban J connectivity index is 2.22. The van der Waals surface area contributed by atoms with Crippen molar-refractivity contribution in [2.24, 2.45) is 0 Å². The predicted octanol–water partition coefficient (Wildman–Crippen LogP) is 2.24. The van der Waals surface area contributed by atoms with Crippen LogP contribution in [0.5, 0.6) is 0 Å². The van der Waals surface area contributed by atoms with E-state index in [-0.39, 0.29) is 12.7 Å². The van der Waals surface area contributed by atoms with E-state index >= 15 is 0 Å². The summed E-state index contributed by atoms with van der Waals surface area (Å²) in [4.78, 5) is 16.2. The Bertz CT molecular complexity index is 594. The quantitative estimate of drug-likeness (QED) is 0.780. The number of hydrogen-bond donors (Lipinski definition) is 0. The van der Waals surface area contributed by atoms with E-state index in [2.05, 4.69) is 10.1 Å². The molecular formula is C14H16N2O4. The fourth-order valence-electron chi connectivity index (χ4n) is 1.59. The molecule has 0 amide bonds. The van der Waals surface area contributed by atoms with Gasteiger partial charge < -0.3 is 14.0 Å². The average molecular weight is 276 g/mol.